The molecule has 9 nitrogen and oxygen atoms in total. The summed E-state index contributed by atoms with van der Waals surface area (Å²) in [6.45, 7) is 0.533. The number of anilines is 2. The number of H-pyrrole nitrogens is 1. The van der Waals surface area contributed by atoms with Crippen LogP contribution in [0.1, 0.15) is 23.3 Å². The smallest absolute Gasteiger partial charge is 0.409 e. The van der Waals surface area contributed by atoms with Crippen LogP contribution in [0.2, 0.25) is 0 Å². The maximum Gasteiger partial charge on any atom is 0.409 e. The third kappa shape index (κ3) is 3.98. The summed E-state index contributed by atoms with van der Waals surface area (Å²) in [5.74, 6) is 0.787. The number of amides is 1. The van der Waals surface area contributed by atoms with Gasteiger partial charge in [0.2, 0.25) is 0 Å². The molecule has 3 heterocycles. The van der Waals surface area contributed by atoms with E-state index in [1.807, 2.05) is 18.2 Å². The molecule has 3 aromatic heterocycles. The number of thiophene rings is 1. The lowest BCUT2D eigenvalue weighted by Crippen LogP contribution is -2.34. The third-order valence-corrected chi connectivity index (χ3v) is 6.90. The molecule has 1 amide bonds. The summed E-state index contributed by atoms with van der Waals surface area (Å²) < 4.78 is 5.71. The Kier molecular flexibility index (Phi) is 5.62. The molecule has 0 radical (unpaired) electrons. The van der Waals surface area contributed by atoms with Crippen LogP contribution in [-0.4, -0.2) is 62.6 Å². The maximum atomic E-state index is 12.3. The number of nitrogens with zero attached hydrogens (tertiary/aromatic N) is 4. The highest BCUT2D eigenvalue weighted by molar-refractivity contribution is 7.19. The van der Waals surface area contributed by atoms with Gasteiger partial charge in [0.05, 0.1) is 17.1 Å². The van der Waals surface area contributed by atoms with Crippen LogP contribution in [0.25, 0.3) is 21.1 Å². The molecule has 10 heteroatoms. The number of rotatable bonds is 6. The molecule has 0 saturated heterocycles. The monoisotopic (exact) mass is 452 g/mol. The maximum absolute atomic E-state index is 12.3. The van der Waals surface area contributed by atoms with Crippen molar-refractivity contribution in [1.29, 1.82) is 0 Å². The van der Waals surface area contributed by atoms with Crippen LogP contribution in [0.4, 0.5) is 16.3 Å². The van der Waals surface area contributed by atoms with Gasteiger partial charge in [0, 0.05) is 42.6 Å². The summed E-state index contributed by atoms with van der Waals surface area (Å²) in [6, 6.07) is 6.02. The van der Waals surface area contributed by atoms with Gasteiger partial charge in [-0.2, -0.15) is 5.10 Å². The lowest BCUT2D eigenvalue weighted by Gasteiger charge is -2.25. The zero-order valence-electron chi connectivity index (χ0n) is 17.7. The van der Waals surface area contributed by atoms with Crippen molar-refractivity contribution < 1.29 is 14.6 Å². The quantitative estimate of drug-likeness (QED) is 0.409. The molecule has 3 N–H and O–H groups in total. The Morgan fingerprint density at radius 1 is 1.41 bits per heavy atom. The first-order valence-electron chi connectivity index (χ1n) is 10.6. The molecular formula is C22H24N6O3S. The molecular weight excluding hydrogens is 428 g/mol. The van der Waals surface area contributed by atoms with E-state index in [0.29, 0.717) is 19.4 Å². The third-order valence-electron chi connectivity index (χ3n) is 5.73. The Bertz CT molecular complexity index is 1270. The molecule has 0 fully saturated rings. The van der Waals surface area contributed by atoms with Gasteiger partial charge < -0.3 is 20.1 Å². The van der Waals surface area contributed by atoms with Crippen molar-refractivity contribution in [3.63, 3.8) is 0 Å². The van der Waals surface area contributed by atoms with E-state index >= 15 is 0 Å². The van der Waals surface area contributed by atoms with Gasteiger partial charge in [0.1, 0.15) is 23.1 Å². The molecule has 1 atom stereocenters. The lowest BCUT2D eigenvalue weighted by molar-refractivity contribution is 0.0620. The van der Waals surface area contributed by atoms with Gasteiger partial charge in [-0.1, -0.05) is 0 Å². The van der Waals surface area contributed by atoms with Gasteiger partial charge in [-0.25, -0.2) is 14.8 Å². The molecule has 1 aliphatic rings. The van der Waals surface area contributed by atoms with Crippen molar-refractivity contribution in [2.75, 3.05) is 25.5 Å². The van der Waals surface area contributed by atoms with Crippen LogP contribution < -0.4 is 5.32 Å². The Morgan fingerprint density at radius 3 is 3.19 bits per heavy atom. The van der Waals surface area contributed by atoms with Gasteiger partial charge in [-0.3, -0.25) is 5.10 Å². The van der Waals surface area contributed by atoms with Gasteiger partial charge in [-0.15, -0.1) is 11.3 Å². The molecule has 0 spiro atoms. The SMILES string of the molecule is CN(CCCO)C(=O)OC1CCc2c(sc3ncnc(Nc4ccc5[nH]ncc5c4)c23)C1. The van der Waals surface area contributed by atoms with E-state index in [1.54, 1.807) is 30.9 Å². The summed E-state index contributed by atoms with van der Waals surface area (Å²) in [5, 5.41) is 21.5. The predicted octanol–water partition coefficient (Wildman–Crippen LogP) is 3.62. The van der Waals surface area contributed by atoms with Crippen molar-refractivity contribution in [3.05, 3.63) is 41.2 Å². The van der Waals surface area contributed by atoms with Crippen LogP contribution in [-0.2, 0) is 17.6 Å². The van der Waals surface area contributed by atoms with Crippen LogP contribution in [0.5, 0.6) is 0 Å². The fraction of sp³-hybridized carbons (Fsp3) is 0.364. The molecule has 0 saturated carbocycles. The Labute approximate surface area is 188 Å². The number of hydrogen-bond acceptors (Lipinski definition) is 8. The van der Waals surface area contributed by atoms with E-state index in [4.69, 9.17) is 9.84 Å². The summed E-state index contributed by atoms with van der Waals surface area (Å²) in [5.41, 5.74) is 3.16. The minimum absolute atomic E-state index is 0.0551. The number of carbonyl (C=O) groups excluding carboxylic acids is 1. The van der Waals surface area contributed by atoms with E-state index in [-0.39, 0.29) is 18.8 Å². The first-order chi connectivity index (χ1) is 15.6. The zero-order chi connectivity index (χ0) is 22.1. The molecule has 1 unspecified atom stereocenters. The van der Waals surface area contributed by atoms with Crippen LogP contribution in [0, 0.1) is 0 Å². The fourth-order valence-electron chi connectivity index (χ4n) is 4.06. The van der Waals surface area contributed by atoms with Crippen molar-refractivity contribution in [2.24, 2.45) is 0 Å². The van der Waals surface area contributed by atoms with Gasteiger partial charge in [-0.05, 0) is 43.0 Å². The summed E-state index contributed by atoms with van der Waals surface area (Å²) in [7, 11) is 1.69. The normalized spacial score (nSPS) is 15.6. The number of benzene rings is 1. The van der Waals surface area contributed by atoms with Gasteiger partial charge in [0.25, 0.3) is 0 Å². The van der Waals surface area contributed by atoms with E-state index in [0.717, 1.165) is 45.5 Å². The molecule has 166 valence electrons. The highest BCUT2D eigenvalue weighted by atomic mass is 32.1. The van der Waals surface area contributed by atoms with E-state index in [2.05, 4.69) is 25.5 Å². The van der Waals surface area contributed by atoms with Crippen molar-refractivity contribution in [2.45, 2.75) is 31.8 Å². The fourth-order valence-corrected chi connectivity index (χ4v) is 5.32. The second-order valence-corrected chi connectivity index (χ2v) is 9.03. The second kappa shape index (κ2) is 8.71. The molecule has 0 bridgehead atoms. The van der Waals surface area contributed by atoms with Crippen LogP contribution >= 0.6 is 11.3 Å². The summed E-state index contributed by atoms with van der Waals surface area (Å²) >= 11 is 1.64. The number of ether oxygens (including phenoxy) is 1. The molecule has 5 rings (SSSR count). The number of fused-ring (bicyclic) bond motifs is 4. The Hall–Kier alpha value is -3.24. The second-order valence-electron chi connectivity index (χ2n) is 7.95. The largest absolute Gasteiger partial charge is 0.446 e. The summed E-state index contributed by atoms with van der Waals surface area (Å²) in [6.07, 6.45) is 5.65. The highest BCUT2D eigenvalue weighted by Crippen LogP contribution is 2.39. The number of aliphatic hydroxyl groups is 1. The number of carbonyl (C=O) groups is 1. The van der Waals surface area contributed by atoms with Crippen LogP contribution in [0.3, 0.4) is 0 Å². The summed E-state index contributed by atoms with van der Waals surface area (Å²) in [4.78, 5) is 25.0. The average Bonchev–Trinajstić information content (AvgIpc) is 3.41. The minimum Gasteiger partial charge on any atom is -0.446 e. The van der Waals surface area contributed by atoms with E-state index in [1.165, 1.54) is 15.3 Å². The topological polar surface area (TPSA) is 116 Å². The molecule has 1 aliphatic carbocycles. The first-order valence-corrected chi connectivity index (χ1v) is 11.4. The predicted molar refractivity (Wildman–Crippen MR) is 123 cm³/mol. The van der Waals surface area contributed by atoms with Crippen molar-refractivity contribution in [1.82, 2.24) is 25.1 Å². The molecule has 1 aromatic carbocycles. The van der Waals surface area contributed by atoms with Crippen LogP contribution in [0.15, 0.2) is 30.7 Å². The van der Waals surface area contributed by atoms with Crippen molar-refractivity contribution >= 4 is 50.1 Å². The zero-order valence-corrected chi connectivity index (χ0v) is 18.5. The number of aromatic nitrogens is 4. The average molecular weight is 453 g/mol. The molecule has 0 aliphatic heterocycles. The van der Waals surface area contributed by atoms with E-state index < -0.39 is 0 Å². The van der Waals surface area contributed by atoms with Gasteiger partial charge in [0.15, 0.2) is 0 Å². The number of hydrogen-bond donors (Lipinski definition) is 3. The highest BCUT2D eigenvalue weighted by Gasteiger charge is 2.28. The minimum atomic E-state index is -0.343. The standard InChI is InChI=1S/C22H24N6O3S/c1-28(7-2-8-29)22(30)31-15-4-5-16-18(10-15)32-21-19(16)20(23-12-24-21)26-14-3-6-17-13(9-14)11-25-27-17/h3,6,9,11-12,15,29H,2,4-5,7-8,10H2,1H3,(H,25,27)(H,23,24,26). The van der Waals surface area contributed by atoms with E-state index in [9.17, 15) is 4.79 Å². The lowest BCUT2D eigenvalue weighted by atomic mass is 9.94. The van der Waals surface area contributed by atoms with Gasteiger partial charge >= 0.3 is 6.09 Å². The Balaban J connectivity index is 1.36. The molecule has 4 aromatic rings. The van der Waals surface area contributed by atoms with Crippen molar-refractivity contribution in [3.8, 4) is 0 Å². The number of aliphatic hydroxyl groups excluding tert-OH is 1. The first kappa shape index (κ1) is 20.7. The number of nitrogens with one attached hydrogen (secondary N) is 2. The Morgan fingerprint density at radius 2 is 2.31 bits per heavy atom. The molecule has 32 heavy (non-hydrogen) atoms. The number of aromatic amines is 1. The number of aryl methyl sites for hydroxylation is 1.